The first-order valence-electron chi connectivity index (χ1n) is 4.34. The normalized spacial score (nSPS) is 11.3. The third kappa shape index (κ3) is 2.20. The molecule has 2 aromatic rings. The Hall–Kier alpha value is -1.86. The van der Waals surface area contributed by atoms with Gasteiger partial charge in [-0.2, -0.15) is 0 Å². The molecule has 2 N–H and O–H groups in total. The summed E-state index contributed by atoms with van der Waals surface area (Å²) in [5.74, 6) is 0. The second-order valence-corrected chi connectivity index (χ2v) is 4.44. The topological polar surface area (TPSA) is 98.8 Å². The molecule has 2 rings (SSSR count). The minimum Gasteiger partial charge on any atom is -0.255 e. The summed E-state index contributed by atoms with van der Waals surface area (Å²) in [6, 6.07) is 6.82. The molecule has 0 saturated heterocycles. The molecule has 2 heterocycles. The molecule has 0 atom stereocenters. The molecule has 0 amide bonds. The highest BCUT2D eigenvalue weighted by molar-refractivity contribution is 7.89. The summed E-state index contributed by atoms with van der Waals surface area (Å²) >= 11 is 0. The van der Waals surface area contributed by atoms with Gasteiger partial charge in [0, 0.05) is 12.4 Å². The van der Waals surface area contributed by atoms with Crippen LogP contribution < -0.4 is 5.14 Å². The van der Waals surface area contributed by atoms with Gasteiger partial charge in [0.15, 0.2) is 0 Å². The quantitative estimate of drug-likeness (QED) is 0.750. The van der Waals surface area contributed by atoms with Gasteiger partial charge in [0.1, 0.15) is 0 Å². The number of hydrogen-bond acceptors (Lipinski definition) is 5. The maximum Gasteiger partial charge on any atom is 0.273 e. The average Bonchev–Trinajstić information content (AvgIpc) is 2.29. The Kier molecular flexibility index (Phi) is 2.63. The molecule has 16 heavy (non-hydrogen) atoms. The molecule has 6 nitrogen and oxygen atoms in total. The minimum atomic E-state index is -3.88. The van der Waals surface area contributed by atoms with E-state index in [1.807, 2.05) is 0 Å². The van der Waals surface area contributed by atoms with Crippen LogP contribution in [0.5, 0.6) is 0 Å². The summed E-state index contributed by atoms with van der Waals surface area (Å²) < 4.78 is 22.1. The molecule has 0 aliphatic carbocycles. The summed E-state index contributed by atoms with van der Waals surface area (Å²) in [5.41, 5.74) is 0.981. The van der Waals surface area contributed by atoms with E-state index >= 15 is 0 Å². The van der Waals surface area contributed by atoms with E-state index < -0.39 is 15.2 Å². The molecule has 0 fully saturated rings. The molecular weight excluding hydrogens is 228 g/mol. The largest absolute Gasteiger partial charge is 0.273 e. The third-order valence-corrected chi connectivity index (χ3v) is 2.52. The fourth-order valence-electron chi connectivity index (χ4n) is 1.13. The molecule has 0 unspecified atom stereocenters. The van der Waals surface area contributed by atoms with Crippen molar-refractivity contribution in [1.29, 1.82) is 0 Å². The number of aromatic nitrogens is 3. The van der Waals surface area contributed by atoms with E-state index in [-0.39, 0.29) is 0 Å². The lowest BCUT2D eigenvalue weighted by Crippen LogP contribution is -2.16. The van der Waals surface area contributed by atoms with Crippen LogP contribution >= 0.6 is 0 Å². The number of nitrogens with two attached hydrogens (primary N) is 1. The van der Waals surface area contributed by atoms with E-state index in [1.165, 1.54) is 6.20 Å². The van der Waals surface area contributed by atoms with Crippen LogP contribution in [0, 0.1) is 0 Å². The maximum absolute atomic E-state index is 11.0. The van der Waals surface area contributed by atoms with Crippen molar-refractivity contribution in [3.8, 4) is 11.4 Å². The highest BCUT2D eigenvalue weighted by Crippen LogP contribution is 2.13. The summed E-state index contributed by atoms with van der Waals surface area (Å²) in [6.07, 6.45) is 2.92. The number of pyridine rings is 1. The smallest absolute Gasteiger partial charge is 0.255 e. The van der Waals surface area contributed by atoms with Crippen LogP contribution in [0.1, 0.15) is 0 Å². The summed E-state index contributed by atoms with van der Waals surface area (Å²) in [6.45, 7) is 0. The third-order valence-electron chi connectivity index (χ3n) is 1.82. The average molecular weight is 236 g/mol. The second-order valence-electron chi connectivity index (χ2n) is 2.98. The number of hydrogen-bond donors (Lipinski definition) is 1. The van der Waals surface area contributed by atoms with Crippen LogP contribution in [0.3, 0.4) is 0 Å². The maximum atomic E-state index is 11.0. The van der Waals surface area contributed by atoms with E-state index in [4.69, 9.17) is 5.14 Å². The first-order valence-corrected chi connectivity index (χ1v) is 5.89. The zero-order valence-electron chi connectivity index (χ0n) is 8.11. The Balaban J connectivity index is 2.53. The Bertz CT molecular complexity index is 598. The molecule has 0 aliphatic rings. The molecule has 0 aromatic carbocycles. The van der Waals surface area contributed by atoms with Crippen molar-refractivity contribution in [3.05, 3.63) is 36.7 Å². The molecule has 0 saturated carbocycles. The summed E-state index contributed by atoms with van der Waals surface area (Å²) in [4.78, 5) is 11.5. The van der Waals surface area contributed by atoms with Gasteiger partial charge < -0.3 is 0 Å². The summed E-state index contributed by atoms with van der Waals surface area (Å²) in [7, 11) is -3.88. The van der Waals surface area contributed by atoms with Gasteiger partial charge >= 0.3 is 0 Å². The van der Waals surface area contributed by atoms with Crippen LogP contribution in [0.25, 0.3) is 11.4 Å². The number of nitrogens with zero attached hydrogens (tertiary/aromatic N) is 3. The van der Waals surface area contributed by atoms with Gasteiger partial charge in [0.05, 0.1) is 11.4 Å². The molecule has 0 aliphatic heterocycles. The van der Waals surface area contributed by atoms with Crippen LogP contribution in [0.4, 0.5) is 0 Å². The van der Waals surface area contributed by atoms with Gasteiger partial charge in [-0.1, -0.05) is 6.07 Å². The van der Waals surface area contributed by atoms with Crippen molar-refractivity contribution < 1.29 is 8.42 Å². The Morgan fingerprint density at radius 1 is 1.00 bits per heavy atom. The van der Waals surface area contributed by atoms with Crippen molar-refractivity contribution in [2.45, 2.75) is 5.16 Å². The lowest BCUT2D eigenvalue weighted by Gasteiger charge is -2.00. The van der Waals surface area contributed by atoms with E-state index in [0.29, 0.717) is 11.4 Å². The Morgan fingerprint density at radius 2 is 1.81 bits per heavy atom. The lowest BCUT2D eigenvalue weighted by molar-refractivity contribution is 0.589. The van der Waals surface area contributed by atoms with Crippen LogP contribution in [-0.2, 0) is 10.0 Å². The van der Waals surface area contributed by atoms with Crippen molar-refractivity contribution in [1.82, 2.24) is 15.0 Å². The van der Waals surface area contributed by atoms with E-state index in [2.05, 4.69) is 15.0 Å². The predicted molar refractivity (Wildman–Crippen MR) is 56.6 cm³/mol. The van der Waals surface area contributed by atoms with Crippen LogP contribution in [0.15, 0.2) is 41.8 Å². The number of primary sulfonamides is 1. The van der Waals surface area contributed by atoms with E-state index in [9.17, 15) is 8.42 Å². The molecule has 82 valence electrons. The van der Waals surface area contributed by atoms with E-state index in [0.717, 1.165) is 0 Å². The minimum absolute atomic E-state index is 0.407. The van der Waals surface area contributed by atoms with Crippen molar-refractivity contribution >= 4 is 10.0 Å². The molecule has 7 heteroatoms. The van der Waals surface area contributed by atoms with Gasteiger partial charge in [-0.3, -0.25) is 4.98 Å². The zero-order chi connectivity index (χ0) is 11.6. The van der Waals surface area contributed by atoms with Crippen LogP contribution in [-0.4, -0.2) is 23.4 Å². The lowest BCUT2D eigenvalue weighted by atomic mass is 10.3. The second kappa shape index (κ2) is 3.95. The first kappa shape index (κ1) is 10.7. The van der Waals surface area contributed by atoms with E-state index in [1.54, 1.807) is 30.5 Å². The monoisotopic (exact) mass is 236 g/mol. The fraction of sp³-hybridized carbons (Fsp3) is 0. The molecule has 0 bridgehead atoms. The van der Waals surface area contributed by atoms with Gasteiger partial charge in [-0.05, 0) is 18.2 Å². The molecule has 0 radical (unpaired) electrons. The Labute approximate surface area is 92.2 Å². The molecule has 2 aromatic heterocycles. The first-order chi connectivity index (χ1) is 7.57. The molecular formula is C9H8N4O2S. The van der Waals surface area contributed by atoms with Crippen molar-refractivity contribution in [3.63, 3.8) is 0 Å². The Morgan fingerprint density at radius 3 is 2.44 bits per heavy atom. The zero-order valence-corrected chi connectivity index (χ0v) is 8.92. The van der Waals surface area contributed by atoms with Crippen molar-refractivity contribution in [2.24, 2.45) is 5.14 Å². The van der Waals surface area contributed by atoms with Gasteiger partial charge in [-0.15, -0.1) is 0 Å². The van der Waals surface area contributed by atoms with Gasteiger partial charge in [-0.25, -0.2) is 23.5 Å². The van der Waals surface area contributed by atoms with Crippen molar-refractivity contribution in [2.75, 3.05) is 0 Å². The SMILES string of the molecule is NS(=O)(=O)c1nccc(-c2ccccn2)n1. The highest BCUT2D eigenvalue weighted by Gasteiger charge is 2.12. The van der Waals surface area contributed by atoms with Crippen LogP contribution in [0.2, 0.25) is 0 Å². The van der Waals surface area contributed by atoms with Gasteiger partial charge in [0.2, 0.25) is 0 Å². The molecule has 0 spiro atoms. The standard InChI is InChI=1S/C9H8N4O2S/c10-16(14,15)9-12-6-4-8(13-9)7-3-1-2-5-11-7/h1-6H,(H2,10,14,15). The highest BCUT2D eigenvalue weighted by atomic mass is 32.2. The number of sulfonamides is 1. The number of rotatable bonds is 2. The predicted octanol–water partition coefficient (Wildman–Crippen LogP) is 0.186. The summed E-state index contributed by atoms with van der Waals surface area (Å²) in [5, 5.41) is 4.52. The van der Waals surface area contributed by atoms with Gasteiger partial charge in [0.25, 0.3) is 15.2 Å². The fourth-order valence-corrected chi connectivity index (χ4v) is 1.57.